The largest absolute Gasteiger partial charge is 0.357 e. The first-order valence-electron chi connectivity index (χ1n) is 9.67. The maximum atomic E-state index is 4.80. The van der Waals surface area contributed by atoms with Gasteiger partial charge in [0.2, 0.25) is 0 Å². The Balaban J connectivity index is 1.75. The molecule has 2 fully saturated rings. The number of nitrogens with one attached hydrogen (secondary N) is 2. The van der Waals surface area contributed by atoms with Gasteiger partial charge in [-0.2, -0.15) is 0 Å². The molecule has 2 aliphatic rings. The number of nitrogens with zero attached hydrogens (tertiary/aromatic N) is 3. The van der Waals surface area contributed by atoms with Gasteiger partial charge in [0, 0.05) is 44.3 Å². The Morgan fingerprint density at radius 3 is 2.39 bits per heavy atom. The van der Waals surface area contributed by atoms with Crippen molar-refractivity contribution in [3.05, 3.63) is 0 Å². The zero-order valence-corrected chi connectivity index (χ0v) is 15.6. The van der Waals surface area contributed by atoms with Gasteiger partial charge in [0.1, 0.15) is 0 Å². The van der Waals surface area contributed by atoms with Gasteiger partial charge < -0.3 is 15.5 Å². The van der Waals surface area contributed by atoms with E-state index in [1.165, 1.54) is 38.8 Å². The number of hydrogen-bond donors (Lipinski definition) is 2. The molecule has 2 N–H and O–H groups in total. The quantitative estimate of drug-likeness (QED) is 0.529. The SMILES string of the molecule is CCNC(=NCCN(CC)C1CC1)NC1CCN(C(C)C)CC1. The first-order valence-corrected chi connectivity index (χ1v) is 9.67. The highest BCUT2D eigenvalue weighted by molar-refractivity contribution is 5.80. The van der Waals surface area contributed by atoms with E-state index in [0.29, 0.717) is 12.1 Å². The Morgan fingerprint density at radius 2 is 1.87 bits per heavy atom. The fourth-order valence-corrected chi connectivity index (χ4v) is 3.40. The summed E-state index contributed by atoms with van der Waals surface area (Å²) in [6, 6.07) is 2.07. The maximum Gasteiger partial charge on any atom is 0.191 e. The van der Waals surface area contributed by atoms with Crippen LogP contribution in [0.3, 0.4) is 0 Å². The summed E-state index contributed by atoms with van der Waals surface area (Å²) in [7, 11) is 0. The lowest BCUT2D eigenvalue weighted by Gasteiger charge is -2.35. The summed E-state index contributed by atoms with van der Waals surface area (Å²) < 4.78 is 0. The zero-order chi connectivity index (χ0) is 16.7. The van der Waals surface area contributed by atoms with Crippen molar-refractivity contribution in [3.63, 3.8) is 0 Å². The molecule has 0 aromatic heterocycles. The third-order valence-corrected chi connectivity index (χ3v) is 5.07. The molecule has 134 valence electrons. The highest BCUT2D eigenvalue weighted by Gasteiger charge is 2.27. The molecule has 0 atom stereocenters. The zero-order valence-electron chi connectivity index (χ0n) is 15.6. The molecule has 0 aromatic carbocycles. The standard InChI is InChI=1S/C18H37N5/c1-5-19-18(20-11-14-22(6-2)17-7-8-17)21-16-9-12-23(13-10-16)15(3)4/h15-17H,5-14H2,1-4H3,(H2,19,20,21). The van der Waals surface area contributed by atoms with E-state index in [0.717, 1.165) is 38.2 Å². The van der Waals surface area contributed by atoms with Crippen LogP contribution in [0.1, 0.15) is 53.4 Å². The molecule has 0 bridgehead atoms. The van der Waals surface area contributed by atoms with Crippen molar-refractivity contribution in [2.75, 3.05) is 39.3 Å². The minimum atomic E-state index is 0.563. The van der Waals surface area contributed by atoms with E-state index in [1.807, 2.05) is 0 Å². The van der Waals surface area contributed by atoms with Gasteiger partial charge in [-0.3, -0.25) is 9.89 Å². The second-order valence-electron chi connectivity index (χ2n) is 7.17. The van der Waals surface area contributed by atoms with Crippen LogP contribution >= 0.6 is 0 Å². The Labute approximate surface area is 142 Å². The highest BCUT2D eigenvalue weighted by Crippen LogP contribution is 2.25. The molecule has 5 nitrogen and oxygen atoms in total. The van der Waals surface area contributed by atoms with E-state index in [1.54, 1.807) is 0 Å². The molecule has 1 aliphatic heterocycles. The van der Waals surface area contributed by atoms with E-state index in [2.05, 4.69) is 48.1 Å². The molecule has 1 heterocycles. The second-order valence-corrected chi connectivity index (χ2v) is 7.17. The summed E-state index contributed by atoms with van der Waals surface area (Å²) >= 11 is 0. The molecule has 0 amide bonds. The van der Waals surface area contributed by atoms with E-state index < -0.39 is 0 Å². The van der Waals surface area contributed by atoms with Crippen molar-refractivity contribution in [3.8, 4) is 0 Å². The summed E-state index contributed by atoms with van der Waals surface area (Å²) in [6.45, 7) is 15.4. The summed E-state index contributed by atoms with van der Waals surface area (Å²) in [5.41, 5.74) is 0. The molecular formula is C18H37N5. The van der Waals surface area contributed by atoms with E-state index in [-0.39, 0.29) is 0 Å². The molecule has 0 unspecified atom stereocenters. The maximum absolute atomic E-state index is 4.80. The Bertz CT molecular complexity index is 356. The summed E-state index contributed by atoms with van der Waals surface area (Å²) in [5.74, 6) is 1.00. The third kappa shape index (κ3) is 6.30. The number of piperidine rings is 1. The van der Waals surface area contributed by atoms with E-state index in [4.69, 9.17) is 4.99 Å². The topological polar surface area (TPSA) is 42.9 Å². The van der Waals surface area contributed by atoms with E-state index in [9.17, 15) is 0 Å². The van der Waals surface area contributed by atoms with Crippen LogP contribution in [0.15, 0.2) is 4.99 Å². The molecule has 0 aromatic rings. The van der Waals surface area contributed by atoms with Crippen molar-refractivity contribution < 1.29 is 0 Å². The minimum absolute atomic E-state index is 0.563. The predicted molar refractivity (Wildman–Crippen MR) is 99.1 cm³/mol. The van der Waals surface area contributed by atoms with Crippen molar-refractivity contribution in [2.45, 2.75) is 71.5 Å². The molecule has 23 heavy (non-hydrogen) atoms. The van der Waals surface area contributed by atoms with Crippen molar-refractivity contribution >= 4 is 5.96 Å². The van der Waals surface area contributed by atoms with Crippen LogP contribution in [0, 0.1) is 0 Å². The smallest absolute Gasteiger partial charge is 0.191 e. The molecule has 1 saturated carbocycles. The lowest BCUT2D eigenvalue weighted by molar-refractivity contribution is 0.167. The highest BCUT2D eigenvalue weighted by atomic mass is 15.2. The van der Waals surface area contributed by atoms with Crippen molar-refractivity contribution in [1.29, 1.82) is 0 Å². The molecule has 5 heteroatoms. The number of guanidine groups is 1. The normalized spacial score (nSPS) is 21.2. The van der Waals surface area contributed by atoms with Crippen LogP contribution in [-0.2, 0) is 0 Å². The van der Waals surface area contributed by atoms with Crippen LogP contribution in [0.5, 0.6) is 0 Å². The molecule has 0 spiro atoms. The average Bonchev–Trinajstić information content (AvgIpc) is 3.37. The molecule has 1 saturated heterocycles. The van der Waals surface area contributed by atoms with Crippen LogP contribution in [0.2, 0.25) is 0 Å². The number of hydrogen-bond acceptors (Lipinski definition) is 3. The lowest BCUT2D eigenvalue weighted by Crippen LogP contribution is -2.50. The van der Waals surface area contributed by atoms with E-state index >= 15 is 0 Å². The van der Waals surface area contributed by atoms with Crippen LogP contribution in [-0.4, -0.2) is 73.2 Å². The fraction of sp³-hybridized carbons (Fsp3) is 0.944. The molecule has 1 aliphatic carbocycles. The average molecular weight is 324 g/mol. The number of likely N-dealkylation sites (N-methyl/N-ethyl adjacent to an activating group) is 1. The number of aliphatic imine (C=N–C) groups is 1. The van der Waals surface area contributed by atoms with Gasteiger partial charge in [-0.1, -0.05) is 6.92 Å². The van der Waals surface area contributed by atoms with Crippen LogP contribution in [0.25, 0.3) is 0 Å². The summed E-state index contributed by atoms with van der Waals surface area (Å²) in [6.07, 6.45) is 5.19. The van der Waals surface area contributed by atoms with Gasteiger partial charge in [-0.25, -0.2) is 0 Å². The second kappa shape index (κ2) is 9.48. The summed E-state index contributed by atoms with van der Waals surface area (Å²) in [5, 5.41) is 7.05. The van der Waals surface area contributed by atoms with Crippen molar-refractivity contribution in [2.24, 2.45) is 4.99 Å². The monoisotopic (exact) mass is 323 g/mol. The third-order valence-electron chi connectivity index (χ3n) is 5.07. The molecule has 2 rings (SSSR count). The number of likely N-dealkylation sites (tertiary alicyclic amines) is 1. The Morgan fingerprint density at radius 1 is 1.17 bits per heavy atom. The van der Waals surface area contributed by atoms with Crippen LogP contribution in [0.4, 0.5) is 0 Å². The Kier molecular flexibility index (Phi) is 7.63. The summed E-state index contributed by atoms with van der Waals surface area (Å²) in [4.78, 5) is 9.93. The lowest BCUT2D eigenvalue weighted by atomic mass is 10.0. The first-order chi connectivity index (χ1) is 11.1. The predicted octanol–water partition coefficient (Wildman–Crippen LogP) is 1.90. The van der Waals surface area contributed by atoms with Gasteiger partial charge in [0.25, 0.3) is 0 Å². The van der Waals surface area contributed by atoms with Gasteiger partial charge in [-0.05, 0) is 53.0 Å². The fourth-order valence-electron chi connectivity index (χ4n) is 3.40. The van der Waals surface area contributed by atoms with Crippen LogP contribution < -0.4 is 10.6 Å². The number of rotatable bonds is 8. The first kappa shape index (κ1) is 18.5. The van der Waals surface area contributed by atoms with Gasteiger partial charge in [0.05, 0.1) is 6.54 Å². The van der Waals surface area contributed by atoms with Gasteiger partial charge in [0.15, 0.2) is 5.96 Å². The molecule has 0 radical (unpaired) electrons. The Hall–Kier alpha value is -0.810. The minimum Gasteiger partial charge on any atom is -0.357 e. The van der Waals surface area contributed by atoms with Crippen molar-refractivity contribution in [1.82, 2.24) is 20.4 Å². The van der Waals surface area contributed by atoms with Gasteiger partial charge >= 0.3 is 0 Å². The molecular weight excluding hydrogens is 286 g/mol. The van der Waals surface area contributed by atoms with Gasteiger partial charge in [-0.15, -0.1) is 0 Å².